The summed E-state index contributed by atoms with van der Waals surface area (Å²) in [5, 5.41) is 0. The molecule has 72 valence electrons. The van der Waals surface area contributed by atoms with Gasteiger partial charge < -0.3 is 4.74 Å². The van der Waals surface area contributed by atoms with Gasteiger partial charge in [-0.25, -0.2) is 0 Å². The highest BCUT2D eigenvalue weighted by Crippen LogP contribution is 2.22. The van der Waals surface area contributed by atoms with Crippen molar-refractivity contribution in [2.24, 2.45) is 0 Å². The molecule has 0 amide bonds. The molecule has 0 radical (unpaired) electrons. The Labute approximate surface area is 83.9 Å². The first-order valence-electron chi connectivity index (χ1n) is 4.32. The van der Waals surface area contributed by atoms with Crippen molar-refractivity contribution in [3.63, 3.8) is 0 Å². The van der Waals surface area contributed by atoms with Crippen LogP contribution in [0.1, 0.15) is 25.1 Å². The average Bonchev–Trinajstić information content (AvgIpc) is 2.03. The van der Waals surface area contributed by atoms with Crippen LogP contribution in [0.5, 0.6) is 5.75 Å². The van der Waals surface area contributed by atoms with Gasteiger partial charge in [0.15, 0.2) is 0 Å². The third kappa shape index (κ3) is 2.59. The maximum absolute atomic E-state index is 5.80. The molecule has 0 spiro atoms. The van der Waals surface area contributed by atoms with Crippen LogP contribution in [-0.4, -0.2) is 11.1 Å². The normalized spacial score (nSPS) is 10.5. The predicted molar refractivity (Wildman–Crippen MR) is 54.3 cm³/mol. The van der Waals surface area contributed by atoms with Gasteiger partial charge in [0, 0.05) is 17.5 Å². The van der Waals surface area contributed by atoms with Crippen LogP contribution in [0.4, 0.5) is 0 Å². The molecular weight excluding hydrogens is 186 g/mol. The van der Waals surface area contributed by atoms with Gasteiger partial charge in [-0.15, -0.1) is 11.6 Å². The molecule has 1 aromatic rings. The van der Waals surface area contributed by atoms with Crippen LogP contribution < -0.4 is 4.74 Å². The quantitative estimate of drug-likeness (QED) is 0.699. The molecule has 13 heavy (non-hydrogen) atoms. The van der Waals surface area contributed by atoms with E-state index in [1.165, 1.54) is 0 Å². The standard InChI is InChI=1S/C10H14ClNO/c1-7(2)13-10-4-5-12-8(3)9(10)6-11/h4-5,7H,6H2,1-3H3. The lowest BCUT2D eigenvalue weighted by Crippen LogP contribution is -2.08. The fraction of sp³-hybridized carbons (Fsp3) is 0.500. The summed E-state index contributed by atoms with van der Waals surface area (Å²) in [6.07, 6.45) is 1.91. The Hall–Kier alpha value is -0.760. The van der Waals surface area contributed by atoms with Crippen molar-refractivity contribution in [1.29, 1.82) is 0 Å². The van der Waals surface area contributed by atoms with Gasteiger partial charge >= 0.3 is 0 Å². The van der Waals surface area contributed by atoms with E-state index in [9.17, 15) is 0 Å². The summed E-state index contributed by atoms with van der Waals surface area (Å²) in [6.45, 7) is 5.92. The Morgan fingerprint density at radius 1 is 1.54 bits per heavy atom. The van der Waals surface area contributed by atoms with E-state index in [4.69, 9.17) is 16.3 Å². The molecule has 0 N–H and O–H groups in total. The maximum atomic E-state index is 5.80. The molecular formula is C10H14ClNO. The van der Waals surface area contributed by atoms with Crippen molar-refractivity contribution in [3.05, 3.63) is 23.5 Å². The minimum atomic E-state index is 0.170. The summed E-state index contributed by atoms with van der Waals surface area (Å²) in [7, 11) is 0. The lowest BCUT2D eigenvalue weighted by atomic mass is 10.2. The van der Waals surface area contributed by atoms with E-state index in [2.05, 4.69) is 4.98 Å². The molecule has 1 heterocycles. The van der Waals surface area contributed by atoms with Crippen LogP contribution in [0.25, 0.3) is 0 Å². The summed E-state index contributed by atoms with van der Waals surface area (Å²) in [4.78, 5) is 4.15. The smallest absolute Gasteiger partial charge is 0.127 e. The molecule has 3 heteroatoms. The number of nitrogens with zero attached hydrogens (tertiary/aromatic N) is 1. The molecule has 1 aromatic heterocycles. The SMILES string of the molecule is Cc1nccc(OC(C)C)c1CCl. The predicted octanol–water partition coefficient (Wildman–Crippen LogP) is 2.92. The lowest BCUT2D eigenvalue weighted by molar-refractivity contribution is 0.240. The van der Waals surface area contributed by atoms with Crippen LogP contribution in [0.2, 0.25) is 0 Å². The monoisotopic (exact) mass is 199 g/mol. The van der Waals surface area contributed by atoms with E-state index >= 15 is 0 Å². The average molecular weight is 200 g/mol. The molecule has 0 aliphatic rings. The van der Waals surface area contributed by atoms with Crippen molar-refractivity contribution < 1.29 is 4.74 Å². The molecule has 0 aliphatic heterocycles. The highest BCUT2D eigenvalue weighted by atomic mass is 35.5. The second-order valence-corrected chi connectivity index (χ2v) is 3.44. The van der Waals surface area contributed by atoms with Gasteiger partial charge in [0.05, 0.1) is 12.0 Å². The largest absolute Gasteiger partial charge is 0.491 e. The molecule has 0 unspecified atom stereocenters. The number of alkyl halides is 1. The van der Waals surface area contributed by atoms with Gasteiger partial charge in [0.1, 0.15) is 5.75 Å². The van der Waals surface area contributed by atoms with E-state index < -0.39 is 0 Å². The molecule has 1 rings (SSSR count). The van der Waals surface area contributed by atoms with Crippen molar-refractivity contribution in [2.75, 3.05) is 0 Å². The number of ether oxygens (including phenoxy) is 1. The summed E-state index contributed by atoms with van der Waals surface area (Å²) in [5.74, 6) is 1.29. The van der Waals surface area contributed by atoms with Crippen LogP contribution in [0.15, 0.2) is 12.3 Å². The Morgan fingerprint density at radius 3 is 2.77 bits per heavy atom. The molecule has 0 bridgehead atoms. The van der Waals surface area contributed by atoms with Crippen molar-refractivity contribution >= 4 is 11.6 Å². The summed E-state index contributed by atoms with van der Waals surface area (Å²) < 4.78 is 5.59. The highest BCUT2D eigenvalue weighted by Gasteiger charge is 2.07. The van der Waals surface area contributed by atoms with E-state index in [1.807, 2.05) is 26.8 Å². The van der Waals surface area contributed by atoms with Gasteiger partial charge in [0.25, 0.3) is 0 Å². The van der Waals surface area contributed by atoms with E-state index in [1.54, 1.807) is 6.20 Å². The molecule has 0 atom stereocenters. The first-order valence-corrected chi connectivity index (χ1v) is 4.85. The van der Waals surface area contributed by atoms with E-state index in [-0.39, 0.29) is 6.10 Å². The van der Waals surface area contributed by atoms with E-state index in [0.29, 0.717) is 5.88 Å². The minimum absolute atomic E-state index is 0.170. The summed E-state index contributed by atoms with van der Waals surface area (Å²) >= 11 is 5.80. The fourth-order valence-corrected chi connectivity index (χ4v) is 1.43. The zero-order chi connectivity index (χ0) is 9.84. The summed E-state index contributed by atoms with van der Waals surface area (Å²) in [6, 6.07) is 1.85. The van der Waals surface area contributed by atoms with Gasteiger partial charge in [-0.1, -0.05) is 0 Å². The Balaban J connectivity index is 2.98. The maximum Gasteiger partial charge on any atom is 0.127 e. The molecule has 0 aromatic carbocycles. The zero-order valence-electron chi connectivity index (χ0n) is 8.17. The number of aryl methyl sites for hydroxylation is 1. The number of aromatic nitrogens is 1. The number of hydrogen-bond donors (Lipinski definition) is 0. The van der Waals surface area contributed by atoms with Crippen LogP contribution >= 0.6 is 11.6 Å². The fourth-order valence-electron chi connectivity index (χ4n) is 1.10. The van der Waals surface area contributed by atoms with Gasteiger partial charge in [-0.2, -0.15) is 0 Å². The van der Waals surface area contributed by atoms with Crippen molar-refractivity contribution in [2.45, 2.75) is 32.8 Å². The van der Waals surface area contributed by atoms with Crippen molar-refractivity contribution in [3.8, 4) is 5.75 Å². The van der Waals surface area contributed by atoms with Crippen LogP contribution in [-0.2, 0) is 5.88 Å². The first kappa shape index (κ1) is 10.3. The van der Waals surface area contributed by atoms with Gasteiger partial charge in [0.2, 0.25) is 0 Å². The second-order valence-electron chi connectivity index (χ2n) is 3.17. The number of hydrogen-bond acceptors (Lipinski definition) is 2. The van der Waals surface area contributed by atoms with E-state index in [0.717, 1.165) is 17.0 Å². The number of halogens is 1. The third-order valence-corrected chi connectivity index (χ3v) is 1.99. The first-order chi connectivity index (χ1) is 6.15. The highest BCUT2D eigenvalue weighted by molar-refractivity contribution is 6.17. The summed E-state index contributed by atoms with van der Waals surface area (Å²) in [5.41, 5.74) is 1.92. The van der Waals surface area contributed by atoms with Crippen molar-refractivity contribution in [1.82, 2.24) is 4.98 Å². The third-order valence-electron chi connectivity index (χ3n) is 1.72. The molecule has 0 saturated heterocycles. The number of rotatable bonds is 3. The Kier molecular flexibility index (Phi) is 3.55. The van der Waals surface area contributed by atoms with Gasteiger partial charge in [-0.05, 0) is 26.8 Å². The lowest BCUT2D eigenvalue weighted by Gasteiger charge is -2.13. The second kappa shape index (κ2) is 4.47. The topological polar surface area (TPSA) is 22.1 Å². The molecule has 0 fully saturated rings. The molecule has 2 nitrogen and oxygen atoms in total. The van der Waals surface area contributed by atoms with Crippen LogP contribution in [0, 0.1) is 6.92 Å². The molecule has 0 saturated carbocycles. The minimum Gasteiger partial charge on any atom is -0.491 e. The van der Waals surface area contributed by atoms with Crippen LogP contribution in [0.3, 0.4) is 0 Å². The Bertz CT molecular complexity index is 286. The van der Waals surface area contributed by atoms with Gasteiger partial charge in [-0.3, -0.25) is 4.98 Å². The zero-order valence-corrected chi connectivity index (χ0v) is 8.93. The Morgan fingerprint density at radius 2 is 2.23 bits per heavy atom. The molecule has 0 aliphatic carbocycles. The number of pyridine rings is 1.